The quantitative estimate of drug-likeness (QED) is 0.781. The van der Waals surface area contributed by atoms with Gasteiger partial charge < -0.3 is 5.32 Å². The highest BCUT2D eigenvalue weighted by atomic mass is 19.1. The van der Waals surface area contributed by atoms with Crippen molar-refractivity contribution < 1.29 is 4.39 Å². The Morgan fingerprint density at radius 1 is 1.16 bits per heavy atom. The molecule has 1 unspecified atom stereocenters. The highest BCUT2D eigenvalue weighted by Crippen LogP contribution is 2.24. The summed E-state index contributed by atoms with van der Waals surface area (Å²) in [5, 5.41) is 3.91. The number of aryl methyl sites for hydroxylation is 1. The van der Waals surface area contributed by atoms with Crippen molar-refractivity contribution in [1.29, 1.82) is 0 Å². The lowest BCUT2D eigenvalue weighted by atomic mass is 10.0. The van der Waals surface area contributed by atoms with Gasteiger partial charge in [-0.1, -0.05) is 18.2 Å². The van der Waals surface area contributed by atoms with E-state index < -0.39 is 0 Å². The van der Waals surface area contributed by atoms with Gasteiger partial charge in [0.1, 0.15) is 11.6 Å². The second kappa shape index (κ2) is 6.41. The molecule has 3 aromatic rings. The molecule has 1 aliphatic rings. The minimum absolute atomic E-state index is 0.0162. The van der Waals surface area contributed by atoms with E-state index in [1.165, 1.54) is 12.1 Å². The van der Waals surface area contributed by atoms with Crippen LogP contribution in [0.15, 0.2) is 47.3 Å². The predicted molar refractivity (Wildman–Crippen MR) is 97.2 cm³/mol. The number of nitrogens with zero attached hydrogens (tertiary/aromatic N) is 2. The lowest BCUT2D eigenvalue weighted by molar-refractivity contribution is 0.482. The zero-order chi connectivity index (χ0) is 17.4. The molecule has 4 rings (SSSR count). The molecule has 0 saturated carbocycles. The molecule has 2 heterocycles. The fourth-order valence-corrected chi connectivity index (χ4v) is 3.56. The third-order valence-corrected chi connectivity index (χ3v) is 5.02. The highest BCUT2D eigenvalue weighted by molar-refractivity contribution is 5.83. The van der Waals surface area contributed by atoms with E-state index in [9.17, 15) is 9.18 Å². The van der Waals surface area contributed by atoms with Crippen molar-refractivity contribution in [2.24, 2.45) is 0 Å². The molecule has 0 bridgehead atoms. The Bertz CT molecular complexity index is 996. The van der Waals surface area contributed by atoms with Gasteiger partial charge in [-0.2, -0.15) is 0 Å². The molecule has 1 atom stereocenters. The van der Waals surface area contributed by atoms with Gasteiger partial charge in [-0.15, -0.1) is 0 Å². The maximum absolute atomic E-state index is 13.5. The molecule has 2 aromatic carbocycles. The minimum atomic E-state index is -0.273. The van der Waals surface area contributed by atoms with E-state index >= 15 is 0 Å². The summed E-state index contributed by atoms with van der Waals surface area (Å²) >= 11 is 0. The van der Waals surface area contributed by atoms with Gasteiger partial charge in [0.15, 0.2) is 0 Å². The number of aromatic nitrogens is 2. The van der Waals surface area contributed by atoms with E-state index in [1.54, 1.807) is 12.1 Å². The van der Waals surface area contributed by atoms with Crippen molar-refractivity contribution in [3.8, 4) is 11.1 Å². The van der Waals surface area contributed by atoms with Crippen LogP contribution in [0.1, 0.15) is 18.7 Å². The third kappa shape index (κ3) is 2.96. The third-order valence-electron chi connectivity index (χ3n) is 5.02. The SMILES string of the molecule is CNC1CCc2nc3cc(-c4cccc(F)c4)ccc3c(=O)n2CC1. The number of rotatable bonds is 2. The molecule has 25 heavy (non-hydrogen) atoms. The zero-order valence-corrected chi connectivity index (χ0v) is 14.1. The van der Waals surface area contributed by atoms with Crippen LogP contribution in [0.25, 0.3) is 22.0 Å². The first-order chi connectivity index (χ1) is 12.2. The molecule has 4 nitrogen and oxygen atoms in total. The molecular formula is C20H20FN3O. The number of halogens is 1. The number of benzene rings is 2. The van der Waals surface area contributed by atoms with Gasteiger partial charge in [0.2, 0.25) is 0 Å². The van der Waals surface area contributed by atoms with Crippen molar-refractivity contribution >= 4 is 10.9 Å². The van der Waals surface area contributed by atoms with Crippen LogP contribution in [0, 0.1) is 5.82 Å². The molecule has 1 aromatic heterocycles. The number of hydrogen-bond donors (Lipinski definition) is 1. The molecular weight excluding hydrogens is 317 g/mol. The van der Waals surface area contributed by atoms with E-state index in [1.807, 2.05) is 29.8 Å². The summed E-state index contributed by atoms with van der Waals surface area (Å²) in [7, 11) is 1.96. The van der Waals surface area contributed by atoms with Gasteiger partial charge in [0.05, 0.1) is 10.9 Å². The smallest absolute Gasteiger partial charge is 0.261 e. The Hall–Kier alpha value is -2.53. The summed E-state index contributed by atoms with van der Waals surface area (Å²) in [4.78, 5) is 17.6. The van der Waals surface area contributed by atoms with Crippen LogP contribution in [0.3, 0.4) is 0 Å². The topological polar surface area (TPSA) is 46.9 Å². The lowest BCUT2D eigenvalue weighted by Crippen LogP contribution is -2.27. The highest BCUT2D eigenvalue weighted by Gasteiger charge is 2.18. The second-order valence-corrected chi connectivity index (χ2v) is 6.54. The summed E-state index contributed by atoms with van der Waals surface area (Å²) in [5.41, 5.74) is 2.35. The monoisotopic (exact) mass is 337 g/mol. The normalized spacial score (nSPS) is 17.3. The molecule has 0 fully saturated rings. The van der Waals surface area contributed by atoms with Crippen LogP contribution in [-0.4, -0.2) is 22.6 Å². The Morgan fingerprint density at radius 2 is 2.00 bits per heavy atom. The van der Waals surface area contributed by atoms with Gasteiger partial charge in [0, 0.05) is 19.0 Å². The van der Waals surface area contributed by atoms with E-state index in [-0.39, 0.29) is 11.4 Å². The maximum atomic E-state index is 13.5. The van der Waals surface area contributed by atoms with Gasteiger partial charge in [-0.25, -0.2) is 9.37 Å². The fraction of sp³-hybridized carbons (Fsp3) is 0.300. The van der Waals surface area contributed by atoms with Crippen LogP contribution < -0.4 is 10.9 Å². The van der Waals surface area contributed by atoms with Gasteiger partial charge >= 0.3 is 0 Å². The maximum Gasteiger partial charge on any atom is 0.261 e. The number of fused-ring (bicyclic) bond motifs is 2. The molecule has 128 valence electrons. The van der Waals surface area contributed by atoms with Crippen LogP contribution in [0.5, 0.6) is 0 Å². The average molecular weight is 337 g/mol. The molecule has 0 amide bonds. The summed E-state index contributed by atoms with van der Waals surface area (Å²) in [6.07, 6.45) is 2.68. The molecule has 1 aliphatic heterocycles. The summed E-state index contributed by atoms with van der Waals surface area (Å²) in [5.74, 6) is 0.567. The van der Waals surface area contributed by atoms with Crippen molar-refractivity contribution in [3.63, 3.8) is 0 Å². The largest absolute Gasteiger partial charge is 0.317 e. The van der Waals surface area contributed by atoms with E-state index in [0.717, 1.165) is 36.2 Å². The van der Waals surface area contributed by atoms with Gasteiger partial charge in [0.25, 0.3) is 5.56 Å². The van der Waals surface area contributed by atoms with E-state index in [4.69, 9.17) is 4.98 Å². The molecule has 5 heteroatoms. The van der Waals surface area contributed by atoms with Crippen LogP contribution in [-0.2, 0) is 13.0 Å². The number of hydrogen-bond acceptors (Lipinski definition) is 3. The summed E-state index contributed by atoms with van der Waals surface area (Å²) in [6, 6.07) is 12.4. The van der Waals surface area contributed by atoms with E-state index in [0.29, 0.717) is 23.5 Å². The van der Waals surface area contributed by atoms with Crippen molar-refractivity contribution in [2.75, 3.05) is 7.05 Å². The van der Waals surface area contributed by atoms with Gasteiger partial charge in [-0.3, -0.25) is 9.36 Å². The van der Waals surface area contributed by atoms with Crippen molar-refractivity contribution in [2.45, 2.75) is 31.8 Å². The van der Waals surface area contributed by atoms with Crippen LogP contribution >= 0.6 is 0 Å². The second-order valence-electron chi connectivity index (χ2n) is 6.54. The van der Waals surface area contributed by atoms with Gasteiger partial charge in [-0.05, 0) is 55.3 Å². The average Bonchev–Trinajstić information content (AvgIpc) is 2.84. The molecule has 1 N–H and O–H groups in total. The zero-order valence-electron chi connectivity index (χ0n) is 14.1. The lowest BCUT2D eigenvalue weighted by Gasteiger charge is -2.11. The van der Waals surface area contributed by atoms with Crippen molar-refractivity contribution in [1.82, 2.24) is 14.9 Å². The molecule has 0 radical (unpaired) electrons. The van der Waals surface area contributed by atoms with Crippen LogP contribution in [0.4, 0.5) is 4.39 Å². The Kier molecular flexibility index (Phi) is 4.09. The Morgan fingerprint density at radius 3 is 2.80 bits per heavy atom. The van der Waals surface area contributed by atoms with Crippen molar-refractivity contribution in [3.05, 3.63) is 64.5 Å². The predicted octanol–water partition coefficient (Wildman–Crippen LogP) is 3.13. The first-order valence-electron chi connectivity index (χ1n) is 8.62. The minimum Gasteiger partial charge on any atom is -0.317 e. The standard InChI is InChI=1S/C20H20FN3O/c1-22-16-6-8-19-23-18-12-14(13-3-2-4-15(21)11-13)5-7-17(18)20(25)24(19)10-9-16/h2-5,7,11-12,16,22H,6,8-10H2,1H3. The number of nitrogens with one attached hydrogen (secondary N) is 1. The molecule has 0 saturated heterocycles. The molecule has 0 spiro atoms. The first-order valence-corrected chi connectivity index (χ1v) is 8.62. The Labute approximate surface area is 145 Å². The summed E-state index contributed by atoms with van der Waals surface area (Å²) in [6.45, 7) is 0.689. The van der Waals surface area contributed by atoms with E-state index in [2.05, 4.69) is 5.32 Å². The Balaban J connectivity index is 1.83. The molecule has 0 aliphatic carbocycles. The fourth-order valence-electron chi connectivity index (χ4n) is 3.56. The summed E-state index contributed by atoms with van der Waals surface area (Å²) < 4.78 is 15.3. The van der Waals surface area contributed by atoms with Crippen LogP contribution in [0.2, 0.25) is 0 Å². The first kappa shape index (κ1) is 16.0.